The second-order valence-corrected chi connectivity index (χ2v) is 9.89. The number of carbonyl (C=O) groups is 6. The van der Waals surface area contributed by atoms with E-state index < -0.39 is 82.6 Å². The van der Waals surface area contributed by atoms with Gasteiger partial charge in [-0.15, -0.1) is 0 Å². The molecule has 3 aliphatic carbocycles. The number of ketones is 4. The van der Waals surface area contributed by atoms with Gasteiger partial charge in [0.2, 0.25) is 5.91 Å². The van der Waals surface area contributed by atoms with Crippen molar-refractivity contribution in [3.63, 3.8) is 0 Å². The predicted octanol–water partition coefficient (Wildman–Crippen LogP) is 1.34. The lowest BCUT2D eigenvalue weighted by Crippen LogP contribution is -2.68. The molecule has 0 bridgehead atoms. The SMILES string of the molecule is NC(=O)C1C(=O)C[C@@H]2C[C@H]3C(C(=O)c4c(O)ccc(Cl)c4[C@@H]3OC(=O)c3ccccc3)C(=O)[C@]2(O)C1=O. The number of esters is 1. The van der Waals surface area contributed by atoms with Gasteiger partial charge in [-0.1, -0.05) is 29.8 Å². The van der Waals surface area contributed by atoms with Crippen LogP contribution in [0.15, 0.2) is 42.5 Å². The van der Waals surface area contributed by atoms with Crippen LogP contribution in [-0.2, 0) is 23.9 Å². The Labute approximate surface area is 214 Å². The second kappa shape index (κ2) is 8.60. The molecule has 2 aromatic rings. The monoisotopic (exact) mass is 525 g/mol. The Hall–Kier alpha value is -3.89. The zero-order valence-corrected chi connectivity index (χ0v) is 19.8. The quantitative estimate of drug-likeness (QED) is 0.394. The lowest BCUT2D eigenvalue weighted by Gasteiger charge is -2.50. The number of Topliss-reactive ketones (excluding diaryl/α,β-unsaturated/α-hetero) is 4. The summed E-state index contributed by atoms with van der Waals surface area (Å²) in [6.45, 7) is 0. The fourth-order valence-electron chi connectivity index (χ4n) is 5.84. The molecule has 0 saturated heterocycles. The van der Waals surface area contributed by atoms with Gasteiger partial charge in [-0.2, -0.15) is 0 Å². The van der Waals surface area contributed by atoms with E-state index in [9.17, 15) is 39.0 Å². The number of hydrogen-bond acceptors (Lipinski definition) is 9. The van der Waals surface area contributed by atoms with Gasteiger partial charge in [-0.25, -0.2) is 4.79 Å². The highest BCUT2D eigenvalue weighted by atomic mass is 35.5. The van der Waals surface area contributed by atoms with E-state index in [1.807, 2.05) is 0 Å². The molecule has 4 N–H and O–H groups in total. The molecular formula is C26H20ClNO9. The van der Waals surface area contributed by atoms with Crippen molar-refractivity contribution in [3.05, 3.63) is 64.2 Å². The number of halogens is 1. The standard InChI is InChI=1S/C26H20ClNO9/c27-13-6-7-14(29)18-17(13)21(37-25(35)10-4-2-1-3-5-10)12-8-11-9-15(30)19(24(28)34)23(33)26(11,36)22(32)16(12)20(18)31/h1-7,11-12,16,19,21,29,36H,8-9H2,(H2,28,34)/t11-,12-,16?,19?,21+,26-/m0/s1. The van der Waals surface area contributed by atoms with Crippen LogP contribution >= 0.6 is 11.6 Å². The molecule has 11 heteroatoms. The van der Waals surface area contributed by atoms with Crippen molar-refractivity contribution in [2.75, 3.05) is 0 Å². The highest BCUT2D eigenvalue weighted by Gasteiger charge is 2.67. The van der Waals surface area contributed by atoms with Gasteiger partial charge >= 0.3 is 5.97 Å². The molecule has 0 radical (unpaired) electrons. The number of fused-ring (bicyclic) bond motifs is 3. The molecule has 6 atom stereocenters. The van der Waals surface area contributed by atoms with Crippen molar-refractivity contribution in [1.82, 2.24) is 0 Å². The molecule has 2 saturated carbocycles. The summed E-state index contributed by atoms with van der Waals surface area (Å²) in [7, 11) is 0. The molecular weight excluding hydrogens is 506 g/mol. The van der Waals surface area contributed by atoms with E-state index in [0.29, 0.717) is 0 Å². The van der Waals surface area contributed by atoms with Gasteiger partial charge in [-0.3, -0.25) is 24.0 Å². The third kappa shape index (κ3) is 3.51. The third-order valence-corrected chi connectivity index (χ3v) is 7.87. The lowest BCUT2D eigenvalue weighted by atomic mass is 9.53. The van der Waals surface area contributed by atoms with E-state index in [1.165, 1.54) is 18.2 Å². The maximum absolute atomic E-state index is 13.7. The van der Waals surface area contributed by atoms with Crippen molar-refractivity contribution in [2.45, 2.75) is 24.5 Å². The van der Waals surface area contributed by atoms with Gasteiger partial charge in [0.05, 0.1) is 17.0 Å². The molecule has 2 unspecified atom stereocenters. The van der Waals surface area contributed by atoms with E-state index in [-0.39, 0.29) is 28.1 Å². The Morgan fingerprint density at radius 2 is 1.70 bits per heavy atom. The minimum absolute atomic E-state index is 0.0108. The first-order valence-corrected chi connectivity index (χ1v) is 11.8. The summed E-state index contributed by atoms with van der Waals surface area (Å²) in [4.78, 5) is 77.7. The average molecular weight is 526 g/mol. The summed E-state index contributed by atoms with van der Waals surface area (Å²) in [5, 5.41) is 21.8. The van der Waals surface area contributed by atoms with Gasteiger partial charge < -0.3 is 20.7 Å². The molecule has 2 fully saturated rings. The highest BCUT2D eigenvalue weighted by Crippen LogP contribution is 2.55. The van der Waals surface area contributed by atoms with Crippen molar-refractivity contribution >= 4 is 46.6 Å². The van der Waals surface area contributed by atoms with E-state index in [4.69, 9.17) is 22.1 Å². The van der Waals surface area contributed by atoms with E-state index in [1.54, 1.807) is 18.2 Å². The summed E-state index contributed by atoms with van der Waals surface area (Å²) in [6, 6.07) is 10.3. The van der Waals surface area contributed by atoms with Crippen LogP contribution in [0.25, 0.3) is 0 Å². The number of carbonyl (C=O) groups excluding carboxylic acids is 6. The Balaban J connectivity index is 1.65. The first kappa shape index (κ1) is 24.8. The smallest absolute Gasteiger partial charge is 0.338 e. The summed E-state index contributed by atoms with van der Waals surface area (Å²) in [5.74, 6) is -13.2. The summed E-state index contributed by atoms with van der Waals surface area (Å²) in [6.07, 6.45) is -2.13. The number of ether oxygens (including phenoxy) is 1. The summed E-state index contributed by atoms with van der Waals surface area (Å²) >= 11 is 6.39. The first-order chi connectivity index (χ1) is 17.5. The van der Waals surface area contributed by atoms with Crippen molar-refractivity contribution in [3.8, 4) is 5.75 Å². The van der Waals surface area contributed by atoms with Crippen molar-refractivity contribution in [1.29, 1.82) is 0 Å². The van der Waals surface area contributed by atoms with Crippen LogP contribution < -0.4 is 5.73 Å². The van der Waals surface area contributed by atoms with E-state index in [2.05, 4.69) is 0 Å². The summed E-state index contributed by atoms with van der Waals surface area (Å²) in [5.41, 5.74) is 2.14. The lowest BCUT2D eigenvalue weighted by molar-refractivity contribution is -0.178. The Bertz CT molecular complexity index is 1400. The molecule has 0 aromatic heterocycles. The molecule has 190 valence electrons. The largest absolute Gasteiger partial charge is 0.507 e. The third-order valence-electron chi connectivity index (χ3n) is 7.54. The van der Waals surface area contributed by atoms with Crippen molar-refractivity contribution in [2.24, 2.45) is 29.4 Å². The number of amides is 1. The molecule has 2 aromatic carbocycles. The van der Waals surface area contributed by atoms with Crippen LogP contribution in [0.5, 0.6) is 5.75 Å². The minimum Gasteiger partial charge on any atom is -0.507 e. The fourth-order valence-corrected chi connectivity index (χ4v) is 6.11. The van der Waals surface area contributed by atoms with Gasteiger partial charge in [0.15, 0.2) is 34.7 Å². The van der Waals surface area contributed by atoms with Gasteiger partial charge in [0.25, 0.3) is 0 Å². The number of aromatic hydroxyl groups is 1. The molecule has 3 aliphatic rings. The Morgan fingerprint density at radius 3 is 2.35 bits per heavy atom. The van der Waals surface area contributed by atoms with Crippen LogP contribution in [0.2, 0.25) is 5.02 Å². The number of hydrogen-bond donors (Lipinski definition) is 3. The average Bonchev–Trinajstić information content (AvgIpc) is 2.85. The van der Waals surface area contributed by atoms with Crippen LogP contribution in [0, 0.1) is 23.7 Å². The van der Waals surface area contributed by atoms with E-state index in [0.717, 1.165) is 6.07 Å². The highest BCUT2D eigenvalue weighted by molar-refractivity contribution is 6.34. The summed E-state index contributed by atoms with van der Waals surface area (Å²) < 4.78 is 5.77. The van der Waals surface area contributed by atoms with Crippen molar-refractivity contribution < 1.29 is 43.7 Å². The molecule has 0 spiro atoms. The van der Waals surface area contributed by atoms with Gasteiger partial charge in [0.1, 0.15) is 11.9 Å². The second-order valence-electron chi connectivity index (χ2n) is 9.49. The predicted molar refractivity (Wildman–Crippen MR) is 124 cm³/mol. The normalized spacial score (nSPS) is 30.7. The maximum Gasteiger partial charge on any atom is 0.338 e. The van der Waals surface area contributed by atoms with Crippen LogP contribution in [-0.4, -0.2) is 50.8 Å². The number of nitrogens with two attached hydrogens (primary N) is 1. The number of benzene rings is 2. The number of phenolic OH excluding ortho intramolecular Hbond substituents is 1. The number of rotatable bonds is 3. The maximum atomic E-state index is 13.7. The van der Waals surface area contributed by atoms with Crippen LogP contribution in [0.1, 0.15) is 45.2 Å². The van der Waals surface area contributed by atoms with Gasteiger partial charge in [0, 0.05) is 28.8 Å². The topological polar surface area (TPSA) is 178 Å². The molecule has 10 nitrogen and oxygen atoms in total. The molecule has 5 rings (SSSR count). The van der Waals surface area contributed by atoms with E-state index >= 15 is 0 Å². The zero-order valence-electron chi connectivity index (χ0n) is 19.0. The minimum atomic E-state index is -2.83. The van der Waals surface area contributed by atoms with Crippen LogP contribution in [0.3, 0.4) is 0 Å². The first-order valence-electron chi connectivity index (χ1n) is 11.4. The number of aliphatic hydroxyl groups is 1. The Morgan fingerprint density at radius 1 is 1.03 bits per heavy atom. The number of primary amides is 1. The number of phenols is 1. The molecule has 1 amide bonds. The molecule has 0 aliphatic heterocycles. The fraction of sp³-hybridized carbons (Fsp3) is 0.308. The molecule has 0 heterocycles. The molecule has 37 heavy (non-hydrogen) atoms. The van der Waals surface area contributed by atoms with Crippen LogP contribution in [0.4, 0.5) is 0 Å². The zero-order chi connectivity index (χ0) is 26.8. The van der Waals surface area contributed by atoms with Gasteiger partial charge in [-0.05, 0) is 30.7 Å². The Kier molecular flexibility index (Phi) is 5.76.